The average Bonchev–Trinajstić information content (AvgIpc) is 2.96. The largest absolute Gasteiger partial charge is 0.490 e. The Hall–Kier alpha value is -1.52. The summed E-state index contributed by atoms with van der Waals surface area (Å²) < 4.78 is 13.7. The second kappa shape index (κ2) is 10.2. The monoisotopic (exact) mass is 601 g/mol. The number of hydrogen-bond acceptors (Lipinski definition) is 5. The van der Waals surface area contributed by atoms with Crippen molar-refractivity contribution in [2.75, 3.05) is 6.61 Å². The Kier molecular flexibility index (Phi) is 7.86. The van der Waals surface area contributed by atoms with Crippen LogP contribution < -0.4 is 9.47 Å². The van der Waals surface area contributed by atoms with Crippen LogP contribution in [0.2, 0.25) is 0 Å². The summed E-state index contributed by atoms with van der Waals surface area (Å²) in [4.78, 5) is 26.4. The number of halogens is 2. The molecule has 0 aromatic heterocycles. The molecule has 0 radical (unpaired) electrons. The number of amides is 2. The number of carbonyl (C=O) groups excluding carboxylic acids is 2. The van der Waals surface area contributed by atoms with Gasteiger partial charge < -0.3 is 9.47 Å². The van der Waals surface area contributed by atoms with Crippen LogP contribution in [0.5, 0.6) is 11.5 Å². The Morgan fingerprint density at radius 3 is 2.47 bits per heavy atom. The van der Waals surface area contributed by atoms with Gasteiger partial charge in [0.1, 0.15) is 6.61 Å². The summed E-state index contributed by atoms with van der Waals surface area (Å²) in [7, 11) is 0. The predicted octanol–water partition coefficient (Wildman–Crippen LogP) is 6.48. The summed E-state index contributed by atoms with van der Waals surface area (Å²) >= 11 is 6.59. The zero-order chi connectivity index (χ0) is 21.8. The van der Waals surface area contributed by atoms with Crippen molar-refractivity contribution in [2.45, 2.75) is 33.4 Å². The highest BCUT2D eigenvalue weighted by Gasteiger charge is 2.36. The van der Waals surface area contributed by atoms with E-state index in [0.717, 1.165) is 30.9 Å². The van der Waals surface area contributed by atoms with Crippen molar-refractivity contribution in [1.29, 1.82) is 0 Å². The number of rotatable bonds is 7. The first-order chi connectivity index (χ1) is 14.3. The van der Waals surface area contributed by atoms with Crippen LogP contribution >= 0.6 is 50.3 Å². The van der Waals surface area contributed by atoms with Gasteiger partial charge in [-0.05, 0) is 96.6 Å². The third-order valence-electron chi connectivity index (χ3n) is 4.27. The van der Waals surface area contributed by atoms with E-state index in [2.05, 4.69) is 38.5 Å². The molecule has 1 aliphatic heterocycles. The summed E-state index contributed by atoms with van der Waals surface area (Å²) in [6.45, 7) is 6.46. The van der Waals surface area contributed by atoms with Crippen LogP contribution in [0.4, 0.5) is 4.79 Å². The van der Waals surface area contributed by atoms with Crippen molar-refractivity contribution in [2.24, 2.45) is 0 Å². The minimum atomic E-state index is -0.261. The fourth-order valence-electron chi connectivity index (χ4n) is 2.89. The molecule has 0 aliphatic carbocycles. The highest BCUT2D eigenvalue weighted by atomic mass is 127. The predicted molar refractivity (Wildman–Crippen MR) is 132 cm³/mol. The molecule has 0 saturated carbocycles. The van der Waals surface area contributed by atoms with Gasteiger partial charge in [-0.3, -0.25) is 14.5 Å². The van der Waals surface area contributed by atoms with Crippen LogP contribution in [0.3, 0.4) is 0 Å². The van der Waals surface area contributed by atoms with E-state index >= 15 is 0 Å². The molecule has 2 aromatic carbocycles. The zero-order valence-corrected chi connectivity index (χ0v) is 21.3. The van der Waals surface area contributed by atoms with Crippen LogP contribution in [0.25, 0.3) is 6.08 Å². The number of benzene rings is 2. The minimum Gasteiger partial charge on any atom is -0.490 e. The van der Waals surface area contributed by atoms with E-state index in [1.807, 2.05) is 57.2 Å². The molecule has 3 rings (SSSR count). The van der Waals surface area contributed by atoms with E-state index in [1.165, 1.54) is 4.90 Å². The molecule has 0 bridgehead atoms. The fourth-order valence-corrected chi connectivity index (χ4v) is 4.89. The Bertz CT molecular complexity index is 991. The Morgan fingerprint density at radius 2 is 1.87 bits per heavy atom. The maximum absolute atomic E-state index is 12.6. The minimum absolute atomic E-state index is 0.170. The molecule has 1 saturated heterocycles. The van der Waals surface area contributed by atoms with Gasteiger partial charge in [0, 0.05) is 10.5 Å². The van der Waals surface area contributed by atoms with Gasteiger partial charge in [0.25, 0.3) is 11.1 Å². The van der Waals surface area contributed by atoms with Crippen molar-refractivity contribution in [3.05, 3.63) is 60.5 Å². The van der Waals surface area contributed by atoms with Gasteiger partial charge in [0.2, 0.25) is 0 Å². The maximum atomic E-state index is 12.6. The standard InChI is InChI=1S/C22H21BrINO4S/c1-4-28-18-10-15(11-19-21(26)25(13(2)3)22(27)30-19)9-17(24)20(18)29-12-14-5-7-16(23)8-6-14/h5-11,13H,4,12H2,1-3H3/b19-11-. The van der Waals surface area contributed by atoms with Gasteiger partial charge >= 0.3 is 0 Å². The average molecular weight is 602 g/mol. The normalized spacial score (nSPS) is 15.4. The van der Waals surface area contributed by atoms with E-state index in [-0.39, 0.29) is 17.2 Å². The van der Waals surface area contributed by atoms with E-state index in [4.69, 9.17) is 9.47 Å². The van der Waals surface area contributed by atoms with Crippen LogP contribution in [-0.2, 0) is 11.4 Å². The van der Waals surface area contributed by atoms with Crippen molar-refractivity contribution in [1.82, 2.24) is 4.90 Å². The molecule has 2 aromatic rings. The van der Waals surface area contributed by atoms with Gasteiger partial charge in [-0.25, -0.2) is 0 Å². The zero-order valence-electron chi connectivity index (χ0n) is 16.8. The summed E-state index contributed by atoms with van der Waals surface area (Å²) in [6.07, 6.45) is 1.73. The molecule has 0 atom stereocenters. The van der Waals surface area contributed by atoms with Crippen LogP contribution in [0.15, 0.2) is 45.8 Å². The number of thioether (sulfide) groups is 1. The van der Waals surface area contributed by atoms with Crippen LogP contribution in [0, 0.1) is 3.57 Å². The first-order valence-corrected chi connectivity index (χ1v) is 12.1. The molecule has 8 heteroatoms. The molecule has 0 N–H and O–H groups in total. The summed E-state index contributed by atoms with van der Waals surface area (Å²) in [5.74, 6) is 1.01. The van der Waals surface area contributed by atoms with E-state index < -0.39 is 0 Å². The first-order valence-electron chi connectivity index (χ1n) is 9.40. The lowest BCUT2D eigenvalue weighted by atomic mass is 10.1. The van der Waals surface area contributed by atoms with E-state index in [1.54, 1.807) is 6.08 Å². The summed E-state index contributed by atoms with van der Waals surface area (Å²) in [6, 6.07) is 11.5. The van der Waals surface area contributed by atoms with Crippen molar-refractivity contribution >= 4 is 67.5 Å². The lowest BCUT2D eigenvalue weighted by Crippen LogP contribution is -2.34. The summed E-state index contributed by atoms with van der Waals surface area (Å²) in [5, 5.41) is -0.240. The molecule has 1 fully saturated rings. The number of imide groups is 1. The first kappa shape index (κ1) is 23.1. The topological polar surface area (TPSA) is 55.8 Å². The lowest BCUT2D eigenvalue weighted by molar-refractivity contribution is -0.123. The Labute approximate surface area is 202 Å². The molecule has 30 heavy (non-hydrogen) atoms. The lowest BCUT2D eigenvalue weighted by Gasteiger charge is -2.16. The molecular weight excluding hydrogens is 581 g/mol. The van der Waals surface area contributed by atoms with E-state index in [0.29, 0.717) is 29.6 Å². The SMILES string of the molecule is CCOc1cc(/C=C2\SC(=O)N(C(C)C)C2=O)cc(I)c1OCc1ccc(Br)cc1. The highest BCUT2D eigenvalue weighted by molar-refractivity contribution is 14.1. The molecule has 158 valence electrons. The van der Waals surface area contributed by atoms with Gasteiger partial charge in [0.05, 0.1) is 15.1 Å². The quantitative estimate of drug-likeness (QED) is 0.269. The van der Waals surface area contributed by atoms with Crippen molar-refractivity contribution in [3.63, 3.8) is 0 Å². The number of ether oxygens (including phenoxy) is 2. The van der Waals surface area contributed by atoms with Gasteiger partial charge in [-0.15, -0.1) is 0 Å². The smallest absolute Gasteiger partial charge is 0.293 e. The fraction of sp³-hybridized carbons (Fsp3) is 0.273. The maximum Gasteiger partial charge on any atom is 0.293 e. The third kappa shape index (κ3) is 5.39. The molecule has 2 amide bonds. The molecule has 0 spiro atoms. The Morgan fingerprint density at radius 1 is 1.17 bits per heavy atom. The molecule has 0 unspecified atom stereocenters. The van der Waals surface area contributed by atoms with Crippen LogP contribution in [0.1, 0.15) is 31.9 Å². The molecule has 1 aliphatic rings. The Balaban J connectivity index is 1.86. The summed E-state index contributed by atoms with van der Waals surface area (Å²) in [5.41, 5.74) is 1.83. The third-order valence-corrected chi connectivity index (χ3v) is 6.48. The second-order valence-electron chi connectivity index (χ2n) is 6.82. The van der Waals surface area contributed by atoms with Crippen molar-refractivity contribution < 1.29 is 19.1 Å². The van der Waals surface area contributed by atoms with Gasteiger partial charge in [0.15, 0.2) is 11.5 Å². The second-order valence-corrected chi connectivity index (χ2v) is 9.89. The van der Waals surface area contributed by atoms with Crippen LogP contribution in [-0.4, -0.2) is 28.7 Å². The number of carbonyl (C=O) groups is 2. The van der Waals surface area contributed by atoms with E-state index in [9.17, 15) is 9.59 Å². The van der Waals surface area contributed by atoms with Gasteiger partial charge in [-0.1, -0.05) is 28.1 Å². The highest BCUT2D eigenvalue weighted by Crippen LogP contribution is 2.38. The van der Waals surface area contributed by atoms with Gasteiger partial charge in [-0.2, -0.15) is 0 Å². The molecule has 5 nitrogen and oxygen atoms in total. The number of hydrogen-bond donors (Lipinski definition) is 0. The molecule has 1 heterocycles. The van der Waals surface area contributed by atoms with Crippen molar-refractivity contribution in [3.8, 4) is 11.5 Å². The molecular formula is C22H21BrINO4S. The number of nitrogens with zero attached hydrogens (tertiary/aromatic N) is 1.